The van der Waals surface area contributed by atoms with E-state index in [1.807, 2.05) is 0 Å². The van der Waals surface area contributed by atoms with E-state index in [0.29, 0.717) is 25.7 Å². The van der Waals surface area contributed by atoms with Gasteiger partial charge in [-0.1, -0.05) is 6.58 Å². The second-order valence-corrected chi connectivity index (χ2v) is 7.99. The molecule has 182 valence electrons. The van der Waals surface area contributed by atoms with E-state index in [1.165, 1.54) is 48.5 Å². The van der Waals surface area contributed by atoms with Crippen molar-refractivity contribution < 1.29 is 43.3 Å². The van der Waals surface area contributed by atoms with E-state index >= 15 is 0 Å². The number of carbonyl (C=O) groups is 5. The maximum absolute atomic E-state index is 12.4. The van der Waals surface area contributed by atoms with Gasteiger partial charge in [-0.2, -0.15) is 0 Å². The summed E-state index contributed by atoms with van der Waals surface area (Å²) in [6, 6.07) is 11.5. The minimum Gasteiger partial charge on any atom is -0.481 e. The number of ether oxygens (including phenoxy) is 3. The Morgan fingerprint density at radius 3 is 1.77 bits per heavy atom. The first-order valence-corrected chi connectivity index (χ1v) is 11.0. The molecule has 2 aromatic rings. The van der Waals surface area contributed by atoms with E-state index in [9.17, 15) is 24.0 Å². The SMILES string of the molecule is C=CC(=O)COC(=O)c1ccc(C(=O)Oc2ccc(OC(=O)C3CCC(C(=O)O)CC3)cc2)cc1. The number of esters is 3. The lowest BCUT2D eigenvalue weighted by Crippen LogP contribution is -2.28. The Labute approximate surface area is 201 Å². The minimum absolute atomic E-state index is 0.168. The van der Waals surface area contributed by atoms with Gasteiger partial charge >= 0.3 is 23.9 Å². The van der Waals surface area contributed by atoms with Crippen molar-refractivity contribution in [2.75, 3.05) is 6.61 Å². The topological polar surface area (TPSA) is 133 Å². The fourth-order valence-corrected chi connectivity index (χ4v) is 3.54. The van der Waals surface area contributed by atoms with Crippen LogP contribution in [0.25, 0.3) is 0 Å². The third-order valence-corrected chi connectivity index (χ3v) is 5.59. The highest BCUT2D eigenvalue weighted by Gasteiger charge is 2.30. The molecule has 1 aliphatic carbocycles. The van der Waals surface area contributed by atoms with Crippen LogP contribution in [0.5, 0.6) is 11.5 Å². The number of benzene rings is 2. The molecule has 0 unspecified atom stereocenters. The van der Waals surface area contributed by atoms with E-state index in [2.05, 4.69) is 6.58 Å². The van der Waals surface area contributed by atoms with Crippen molar-refractivity contribution in [2.24, 2.45) is 11.8 Å². The first-order valence-electron chi connectivity index (χ1n) is 11.0. The molecule has 3 rings (SSSR count). The molecule has 9 heteroatoms. The van der Waals surface area contributed by atoms with Crippen LogP contribution in [0.15, 0.2) is 61.2 Å². The molecule has 1 N–H and O–H groups in total. The minimum atomic E-state index is -0.836. The molecule has 0 aliphatic heterocycles. The van der Waals surface area contributed by atoms with Gasteiger partial charge in [0, 0.05) is 0 Å². The summed E-state index contributed by atoms with van der Waals surface area (Å²) in [6.07, 6.45) is 2.88. The van der Waals surface area contributed by atoms with Crippen LogP contribution >= 0.6 is 0 Å². The number of carboxylic acid groups (broad SMARTS) is 1. The van der Waals surface area contributed by atoms with Gasteiger partial charge in [0.25, 0.3) is 0 Å². The summed E-state index contributed by atoms with van der Waals surface area (Å²) in [5.74, 6) is -3.29. The molecule has 0 radical (unpaired) electrons. The van der Waals surface area contributed by atoms with Crippen LogP contribution in [-0.4, -0.2) is 41.4 Å². The number of rotatable bonds is 9. The first kappa shape index (κ1) is 25.4. The summed E-state index contributed by atoms with van der Waals surface area (Å²) in [4.78, 5) is 58.8. The lowest BCUT2D eigenvalue weighted by molar-refractivity contribution is -0.146. The van der Waals surface area contributed by atoms with Crippen LogP contribution < -0.4 is 9.47 Å². The number of hydrogen-bond acceptors (Lipinski definition) is 8. The molecule has 1 fully saturated rings. The molecule has 1 aliphatic rings. The van der Waals surface area contributed by atoms with Crippen molar-refractivity contribution in [3.8, 4) is 11.5 Å². The molecule has 0 bridgehead atoms. The zero-order chi connectivity index (χ0) is 25.4. The molecule has 2 aromatic carbocycles. The van der Waals surface area contributed by atoms with Crippen molar-refractivity contribution in [3.63, 3.8) is 0 Å². The largest absolute Gasteiger partial charge is 0.481 e. The first-order chi connectivity index (χ1) is 16.8. The Morgan fingerprint density at radius 2 is 1.26 bits per heavy atom. The fourth-order valence-electron chi connectivity index (χ4n) is 3.54. The smallest absolute Gasteiger partial charge is 0.343 e. The van der Waals surface area contributed by atoms with E-state index in [4.69, 9.17) is 19.3 Å². The van der Waals surface area contributed by atoms with Gasteiger partial charge in [0.2, 0.25) is 0 Å². The van der Waals surface area contributed by atoms with Gasteiger partial charge in [-0.25, -0.2) is 9.59 Å². The van der Waals surface area contributed by atoms with Crippen molar-refractivity contribution in [1.29, 1.82) is 0 Å². The van der Waals surface area contributed by atoms with Gasteiger partial charge in [-0.05, 0) is 80.3 Å². The summed E-state index contributed by atoms with van der Waals surface area (Å²) < 4.78 is 15.5. The second-order valence-electron chi connectivity index (χ2n) is 7.99. The van der Waals surface area contributed by atoms with Gasteiger partial charge in [0.05, 0.1) is 23.0 Å². The molecular weight excluding hydrogens is 456 g/mol. The molecule has 9 nitrogen and oxygen atoms in total. The second kappa shape index (κ2) is 11.7. The maximum atomic E-state index is 12.4. The van der Waals surface area contributed by atoms with Crippen LogP contribution in [0.1, 0.15) is 46.4 Å². The summed E-state index contributed by atoms with van der Waals surface area (Å²) >= 11 is 0. The van der Waals surface area contributed by atoms with E-state index in [1.54, 1.807) is 0 Å². The highest BCUT2D eigenvalue weighted by molar-refractivity contribution is 5.96. The van der Waals surface area contributed by atoms with Gasteiger partial charge in [-0.15, -0.1) is 0 Å². The van der Waals surface area contributed by atoms with Gasteiger partial charge in [-0.3, -0.25) is 14.4 Å². The van der Waals surface area contributed by atoms with Crippen LogP contribution in [0.4, 0.5) is 0 Å². The molecule has 0 aromatic heterocycles. The van der Waals surface area contributed by atoms with E-state index in [0.717, 1.165) is 6.08 Å². The molecule has 0 atom stereocenters. The standard InChI is InChI=1S/C26H24O9/c1-2-20(27)15-33-24(30)17-7-9-19(10-8-17)26(32)35-22-13-11-21(12-14-22)34-25(31)18-5-3-16(4-6-18)23(28)29/h2,7-14,16,18H,1,3-6,15H2,(H,28,29). The Hall–Kier alpha value is -4.27. The van der Waals surface area contributed by atoms with Crippen LogP contribution in [0.2, 0.25) is 0 Å². The highest BCUT2D eigenvalue weighted by atomic mass is 16.5. The summed E-state index contributed by atoms with van der Waals surface area (Å²) in [5.41, 5.74) is 0.359. The van der Waals surface area contributed by atoms with Crippen LogP contribution in [0.3, 0.4) is 0 Å². The fraction of sp³-hybridized carbons (Fsp3) is 0.269. The van der Waals surface area contributed by atoms with Gasteiger partial charge < -0.3 is 19.3 Å². The average molecular weight is 480 g/mol. The molecular formula is C26H24O9. The van der Waals surface area contributed by atoms with E-state index in [-0.39, 0.29) is 28.5 Å². The highest BCUT2D eigenvalue weighted by Crippen LogP contribution is 2.30. The maximum Gasteiger partial charge on any atom is 0.343 e. The van der Waals surface area contributed by atoms with Crippen LogP contribution in [0, 0.1) is 11.8 Å². The lowest BCUT2D eigenvalue weighted by atomic mass is 9.82. The van der Waals surface area contributed by atoms with Crippen molar-refractivity contribution in [3.05, 3.63) is 72.3 Å². The Kier molecular flexibility index (Phi) is 8.50. The van der Waals surface area contributed by atoms with Gasteiger partial charge in [0.15, 0.2) is 12.4 Å². The average Bonchev–Trinajstić information content (AvgIpc) is 2.88. The lowest BCUT2D eigenvalue weighted by Gasteiger charge is -2.24. The third kappa shape index (κ3) is 7.10. The summed E-state index contributed by atoms with van der Waals surface area (Å²) in [5, 5.41) is 9.05. The van der Waals surface area contributed by atoms with Crippen molar-refractivity contribution in [2.45, 2.75) is 25.7 Å². The third-order valence-electron chi connectivity index (χ3n) is 5.59. The van der Waals surface area contributed by atoms with Crippen molar-refractivity contribution in [1.82, 2.24) is 0 Å². The van der Waals surface area contributed by atoms with Gasteiger partial charge in [0.1, 0.15) is 11.5 Å². The Bertz CT molecular complexity index is 1110. The molecule has 1 saturated carbocycles. The molecule has 0 heterocycles. The molecule has 35 heavy (non-hydrogen) atoms. The predicted octanol–water partition coefficient (Wildman–Crippen LogP) is 3.61. The monoisotopic (exact) mass is 480 g/mol. The zero-order valence-electron chi connectivity index (χ0n) is 18.8. The predicted molar refractivity (Wildman–Crippen MR) is 122 cm³/mol. The molecule has 0 amide bonds. The summed E-state index contributed by atoms with van der Waals surface area (Å²) in [7, 11) is 0. The number of carbonyl (C=O) groups excluding carboxylic acids is 4. The number of carboxylic acids is 1. The normalized spacial score (nSPS) is 17.0. The van der Waals surface area contributed by atoms with Crippen LogP contribution in [-0.2, 0) is 19.1 Å². The van der Waals surface area contributed by atoms with Crippen molar-refractivity contribution >= 4 is 29.7 Å². The summed E-state index contributed by atoms with van der Waals surface area (Å²) in [6.45, 7) is 2.88. The molecule has 0 saturated heterocycles. The number of aliphatic carboxylic acids is 1. The quantitative estimate of drug-likeness (QED) is 0.324. The zero-order valence-corrected chi connectivity index (χ0v) is 18.8. The number of hydrogen-bond donors (Lipinski definition) is 1. The number of ketones is 1. The Balaban J connectivity index is 1.50. The van der Waals surface area contributed by atoms with E-state index < -0.39 is 42.2 Å². The Morgan fingerprint density at radius 1 is 0.771 bits per heavy atom. The molecule has 0 spiro atoms.